The summed E-state index contributed by atoms with van der Waals surface area (Å²) >= 11 is 0. The fourth-order valence-electron chi connectivity index (χ4n) is 0. The molecule has 10 heavy (non-hydrogen) atoms. The minimum atomic E-state index is -0.833. The molecular weight excluding hydrogens is 216 g/mol. The molecule has 0 fully saturated rings. The van der Waals surface area contributed by atoms with Gasteiger partial charge in [-0.1, -0.05) is 0 Å². The van der Waals surface area contributed by atoms with Crippen LogP contribution in [0.4, 0.5) is 0 Å². The zero-order chi connectivity index (χ0) is 8.12. The van der Waals surface area contributed by atoms with E-state index in [-0.39, 0.29) is 17.4 Å². The first-order valence-electron chi connectivity index (χ1n) is 1.15. The first kappa shape index (κ1) is 22.4. The molecule has 3 radical (unpaired) electrons. The van der Waals surface area contributed by atoms with Gasteiger partial charge in [-0.05, 0) is 0 Å². The zero-order valence-corrected chi connectivity index (χ0v) is 8.32. The molecule has 0 heterocycles. The third kappa shape index (κ3) is 1020. The standard InChI is InChI=1S/Al.3HO2P/c;3*1-3-2/h;3*(H,1,2). The van der Waals surface area contributed by atoms with Crippen molar-refractivity contribution >= 4 is 43.4 Å². The number of hydrogen-bond donors (Lipinski definition) is 3. The molecular formula is H3AlO6P3. The summed E-state index contributed by atoms with van der Waals surface area (Å²) in [6.07, 6.45) is 0. The molecule has 0 atom stereocenters. The molecule has 0 aromatic rings. The second-order valence-corrected chi connectivity index (χ2v) is 0.735. The second kappa shape index (κ2) is 53.5. The molecule has 0 unspecified atom stereocenters. The second-order valence-electron chi connectivity index (χ2n) is 0.245. The summed E-state index contributed by atoms with van der Waals surface area (Å²) in [5.41, 5.74) is 0. The maximum Gasteiger partial charge on any atom is 0.324 e. The highest BCUT2D eigenvalue weighted by Gasteiger charge is 1.29. The summed E-state index contributed by atoms with van der Waals surface area (Å²) in [5, 5.41) is 0. The van der Waals surface area contributed by atoms with E-state index in [1.165, 1.54) is 0 Å². The quantitative estimate of drug-likeness (QED) is 0.395. The van der Waals surface area contributed by atoms with Crippen LogP contribution in [0, 0.1) is 0 Å². The summed E-state index contributed by atoms with van der Waals surface area (Å²) in [6, 6.07) is 0. The van der Waals surface area contributed by atoms with Gasteiger partial charge in [-0.25, -0.2) is 13.7 Å². The van der Waals surface area contributed by atoms with E-state index in [1.807, 2.05) is 0 Å². The zero-order valence-electron chi connectivity index (χ0n) is 4.49. The first-order chi connectivity index (χ1) is 4.24. The van der Waals surface area contributed by atoms with Crippen molar-refractivity contribution in [2.45, 2.75) is 0 Å². The minimum Gasteiger partial charge on any atom is -0.310 e. The lowest BCUT2D eigenvalue weighted by molar-refractivity contribution is 0.523. The van der Waals surface area contributed by atoms with Crippen LogP contribution in [-0.2, 0) is 13.7 Å². The maximum atomic E-state index is 8.46. The molecule has 0 amide bonds. The van der Waals surface area contributed by atoms with E-state index >= 15 is 0 Å². The Labute approximate surface area is 72.3 Å². The Kier molecular flexibility index (Phi) is 120. The molecule has 10 heteroatoms. The van der Waals surface area contributed by atoms with Gasteiger partial charge in [-0.15, -0.1) is 0 Å². The van der Waals surface area contributed by atoms with Crippen LogP contribution in [0.3, 0.4) is 0 Å². The average Bonchev–Trinajstić information content (AvgIpc) is 1.70. The Morgan fingerprint density at radius 3 is 0.700 bits per heavy atom. The molecule has 0 aromatic carbocycles. The van der Waals surface area contributed by atoms with Gasteiger partial charge >= 0.3 is 26.1 Å². The van der Waals surface area contributed by atoms with E-state index in [2.05, 4.69) is 0 Å². The van der Waals surface area contributed by atoms with Crippen molar-refractivity contribution in [3.63, 3.8) is 0 Å². The number of hydrogen-bond acceptors (Lipinski definition) is 3. The topological polar surface area (TPSA) is 112 Å². The molecule has 6 nitrogen and oxygen atoms in total. The van der Waals surface area contributed by atoms with Gasteiger partial charge in [0.15, 0.2) is 0 Å². The summed E-state index contributed by atoms with van der Waals surface area (Å²) < 4.78 is 25.4. The van der Waals surface area contributed by atoms with Crippen LogP contribution in [-0.4, -0.2) is 32.0 Å². The molecule has 57 valence electrons. The SMILES string of the molecule is O=PO.O=PO.O=PO.[Al]. The van der Waals surface area contributed by atoms with Crippen LogP contribution in [0.2, 0.25) is 0 Å². The lowest BCUT2D eigenvalue weighted by Crippen LogP contribution is -1.03. The van der Waals surface area contributed by atoms with Crippen molar-refractivity contribution in [2.24, 2.45) is 0 Å². The molecule has 0 rings (SSSR count). The van der Waals surface area contributed by atoms with Gasteiger partial charge in [0.2, 0.25) is 0 Å². The summed E-state index contributed by atoms with van der Waals surface area (Å²) in [6.45, 7) is 0. The Bertz CT molecular complexity index is 49.7. The van der Waals surface area contributed by atoms with Gasteiger partial charge in [0.25, 0.3) is 0 Å². The van der Waals surface area contributed by atoms with Gasteiger partial charge in [0, 0.05) is 17.4 Å². The van der Waals surface area contributed by atoms with E-state index in [1.54, 1.807) is 0 Å². The van der Waals surface area contributed by atoms with Gasteiger partial charge in [-0.2, -0.15) is 0 Å². The molecule has 0 saturated heterocycles. The van der Waals surface area contributed by atoms with E-state index < -0.39 is 26.1 Å². The Hall–Kier alpha value is 0.712. The molecule has 0 aliphatic carbocycles. The molecule has 0 aromatic heterocycles. The van der Waals surface area contributed by atoms with Crippen molar-refractivity contribution in [1.82, 2.24) is 0 Å². The van der Waals surface area contributed by atoms with Crippen LogP contribution >= 0.6 is 26.1 Å². The molecule has 3 N–H and O–H groups in total. The largest absolute Gasteiger partial charge is 0.324 e. The van der Waals surface area contributed by atoms with Gasteiger partial charge < -0.3 is 14.7 Å². The fraction of sp³-hybridized carbons (Fsp3) is 0. The van der Waals surface area contributed by atoms with E-state index in [0.717, 1.165) is 0 Å². The van der Waals surface area contributed by atoms with Crippen molar-refractivity contribution in [2.75, 3.05) is 0 Å². The molecule has 0 aliphatic rings. The fourth-order valence-corrected chi connectivity index (χ4v) is 0. The van der Waals surface area contributed by atoms with E-state index in [4.69, 9.17) is 28.4 Å². The highest BCUT2D eigenvalue weighted by Crippen LogP contribution is 1.66. The summed E-state index contributed by atoms with van der Waals surface area (Å²) in [7, 11) is -2.50. The highest BCUT2D eigenvalue weighted by molar-refractivity contribution is 7.16. The van der Waals surface area contributed by atoms with Crippen molar-refractivity contribution in [3.05, 3.63) is 0 Å². The smallest absolute Gasteiger partial charge is 0.310 e. The van der Waals surface area contributed by atoms with E-state index in [0.29, 0.717) is 0 Å². The predicted octanol–water partition coefficient (Wildman–Crippen LogP) is 0.175. The van der Waals surface area contributed by atoms with E-state index in [9.17, 15) is 0 Å². The Balaban J connectivity index is -0.0000000257. The number of rotatable bonds is 0. The molecule has 0 spiro atoms. The maximum absolute atomic E-state index is 8.46. The Morgan fingerprint density at radius 1 is 0.700 bits per heavy atom. The first-order valence-corrected chi connectivity index (χ1v) is 3.44. The van der Waals surface area contributed by atoms with Crippen LogP contribution in [0.5, 0.6) is 0 Å². The molecule has 0 bridgehead atoms. The van der Waals surface area contributed by atoms with Gasteiger partial charge in [-0.3, -0.25) is 0 Å². The average molecular weight is 219 g/mol. The van der Waals surface area contributed by atoms with Crippen LogP contribution in [0.25, 0.3) is 0 Å². The Morgan fingerprint density at radius 2 is 0.700 bits per heavy atom. The van der Waals surface area contributed by atoms with Crippen molar-refractivity contribution in [1.29, 1.82) is 0 Å². The monoisotopic (exact) mass is 219 g/mol. The van der Waals surface area contributed by atoms with Crippen molar-refractivity contribution in [3.8, 4) is 0 Å². The molecule has 0 aliphatic heterocycles. The van der Waals surface area contributed by atoms with Crippen LogP contribution in [0.1, 0.15) is 0 Å². The third-order valence-electron chi connectivity index (χ3n) is 0. The minimum absolute atomic E-state index is 0. The normalized spacial score (nSPS) is 6.30. The van der Waals surface area contributed by atoms with Crippen molar-refractivity contribution < 1.29 is 28.4 Å². The third-order valence-corrected chi connectivity index (χ3v) is 0. The lowest BCUT2D eigenvalue weighted by Gasteiger charge is -1.24. The lowest BCUT2D eigenvalue weighted by atomic mass is 15.9. The van der Waals surface area contributed by atoms with Gasteiger partial charge in [0.1, 0.15) is 0 Å². The molecule has 0 saturated carbocycles. The van der Waals surface area contributed by atoms with Crippen LogP contribution in [0.15, 0.2) is 0 Å². The highest BCUT2D eigenvalue weighted by atomic mass is 31.1. The van der Waals surface area contributed by atoms with Gasteiger partial charge in [0.05, 0.1) is 0 Å². The summed E-state index contributed by atoms with van der Waals surface area (Å²) in [4.78, 5) is 21.0. The summed E-state index contributed by atoms with van der Waals surface area (Å²) in [5.74, 6) is 0. The predicted molar refractivity (Wildman–Crippen MR) is 35.2 cm³/mol. The van der Waals surface area contributed by atoms with Crippen LogP contribution < -0.4 is 0 Å².